The lowest BCUT2D eigenvalue weighted by Crippen LogP contribution is -2.05. The summed E-state index contributed by atoms with van der Waals surface area (Å²) < 4.78 is 11.0. The molecule has 2 heteroatoms. The van der Waals surface area contributed by atoms with E-state index in [1.54, 1.807) is 0 Å². The Labute approximate surface area is 129 Å². The van der Waals surface area contributed by atoms with Crippen LogP contribution in [-0.4, -0.2) is 19.3 Å². The third-order valence-corrected chi connectivity index (χ3v) is 3.76. The van der Waals surface area contributed by atoms with Crippen LogP contribution in [0.2, 0.25) is 0 Å². The van der Waals surface area contributed by atoms with Crippen LogP contribution in [-0.2, 0) is 11.2 Å². The van der Waals surface area contributed by atoms with E-state index < -0.39 is 0 Å². The number of aryl methyl sites for hydroxylation is 1. The number of hydrogen-bond donors (Lipinski definition) is 0. The third kappa shape index (κ3) is 6.81. The van der Waals surface area contributed by atoms with Crippen molar-refractivity contribution in [2.24, 2.45) is 0 Å². The first-order valence-corrected chi connectivity index (χ1v) is 8.37. The van der Waals surface area contributed by atoms with E-state index in [4.69, 9.17) is 9.47 Å². The van der Waals surface area contributed by atoms with Crippen molar-refractivity contribution < 1.29 is 9.47 Å². The van der Waals surface area contributed by atoms with Crippen molar-refractivity contribution in [3.63, 3.8) is 0 Å². The van der Waals surface area contributed by atoms with Gasteiger partial charge in [0.2, 0.25) is 0 Å². The summed E-state index contributed by atoms with van der Waals surface area (Å²) in [4.78, 5) is 0. The van der Waals surface area contributed by atoms with Crippen LogP contribution >= 0.6 is 0 Å². The quantitative estimate of drug-likeness (QED) is 0.327. The average molecular weight is 288 g/mol. The molecule has 1 heterocycles. The van der Waals surface area contributed by atoms with E-state index >= 15 is 0 Å². The molecule has 0 saturated carbocycles. The first-order valence-electron chi connectivity index (χ1n) is 8.37. The lowest BCUT2D eigenvalue weighted by molar-refractivity contribution is 0.261. The topological polar surface area (TPSA) is 21.8 Å². The maximum Gasteiger partial charge on any atom is 0.122 e. The van der Waals surface area contributed by atoms with Gasteiger partial charge in [0.25, 0.3) is 0 Å². The fourth-order valence-corrected chi connectivity index (χ4v) is 2.33. The van der Waals surface area contributed by atoms with Gasteiger partial charge in [-0.15, -0.1) is 0 Å². The maximum absolute atomic E-state index is 5.84. The number of benzene rings is 1. The predicted octanol–water partition coefficient (Wildman–Crippen LogP) is 4.92. The van der Waals surface area contributed by atoms with Gasteiger partial charge in [-0.1, -0.05) is 50.1 Å². The molecule has 116 valence electrons. The van der Waals surface area contributed by atoms with E-state index in [0.717, 1.165) is 18.8 Å². The molecule has 0 aromatic heterocycles. The van der Waals surface area contributed by atoms with Gasteiger partial charge in [-0.2, -0.15) is 0 Å². The zero-order valence-electron chi connectivity index (χ0n) is 13.2. The first-order chi connectivity index (χ1) is 10.4. The highest BCUT2D eigenvalue weighted by Gasteiger charge is 2.23. The van der Waals surface area contributed by atoms with E-state index in [1.807, 2.05) is 6.07 Å². The Morgan fingerprint density at radius 1 is 1.14 bits per heavy atom. The van der Waals surface area contributed by atoms with E-state index in [0.29, 0.717) is 12.7 Å². The van der Waals surface area contributed by atoms with Crippen LogP contribution < -0.4 is 4.74 Å². The Morgan fingerprint density at radius 2 is 1.90 bits per heavy atom. The summed E-state index contributed by atoms with van der Waals surface area (Å²) in [5, 5.41) is 0. The van der Waals surface area contributed by atoms with Crippen molar-refractivity contribution >= 4 is 0 Å². The lowest BCUT2D eigenvalue weighted by Gasteiger charge is -2.10. The molecule has 1 saturated heterocycles. The van der Waals surface area contributed by atoms with Crippen molar-refractivity contribution in [3.05, 3.63) is 42.0 Å². The highest BCUT2D eigenvalue weighted by Crippen LogP contribution is 2.22. The summed E-state index contributed by atoms with van der Waals surface area (Å²) in [6.07, 6.45) is 13.6. The van der Waals surface area contributed by atoms with Crippen molar-refractivity contribution in [2.45, 2.75) is 58.0 Å². The fraction of sp³-hybridized carbons (Fsp3) is 0.579. The van der Waals surface area contributed by atoms with Gasteiger partial charge in [0.05, 0.1) is 6.61 Å². The average Bonchev–Trinajstić information content (AvgIpc) is 3.33. The smallest absolute Gasteiger partial charge is 0.122 e. The van der Waals surface area contributed by atoms with Crippen LogP contribution in [0.4, 0.5) is 0 Å². The summed E-state index contributed by atoms with van der Waals surface area (Å²) in [6.45, 7) is 3.78. The lowest BCUT2D eigenvalue weighted by atomic mass is 10.1. The second kappa shape index (κ2) is 9.62. The second-order valence-corrected chi connectivity index (χ2v) is 5.73. The number of epoxide rings is 1. The van der Waals surface area contributed by atoms with Crippen molar-refractivity contribution in [2.75, 3.05) is 13.2 Å². The zero-order chi connectivity index (χ0) is 14.8. The van der Waals surface area contributed by atoms with E-state index in [9.17, 15) is 0 Å². The molecule has 0 bridgehead atoms. The minimum absolute atomic E-state index is 0.325. The number of ether oxygens (including phenoxy) is 2. The summed E-state index contributed by atoms with van der Waals surface area (Å²) in [7, 11) is 0. The SMILES string of the molecule is CCCC/C=C/CCCCc1ccccc1OCC1CO1. The number of hydrogen-bond acceptors (Lipinski definition) is 2. The molecule has 0 radical (unpaired) electrons. The molecule has 1 aliphatic heterocycles. The van der Waals surface area contributed by atoms with Crippen LogP contribution in [0, 0.1) is 0 Å². The highest BCUT2D eigenvalue weighted by atomic mass is 16.6. The monoisotopic (exact) mass is 288 g/mol. The predicted molar refractivity (Wildman–Crippen MR) is 87.9 cm³/mol. The second-order valence-electron chi connectivity index (χ2n) is 5.73. The minimum Gasteiger partial charge on any atom is -0.491 e. The molecule has 0 aliphatic carbocycles. The number of rotatable bonds is 11. The normalized spacial score (nSPS) is 17.3. The number of para-hydroxylation sites is 1. The fourth-order valence-electron chi connectivity index (χ4n) is 2.33. The largest absolute Gasteiger partial charge is 0.491 e. The zero-order valence-corrected chi connectivity index (χ0v) is 13.2. The van der Waals surface area contributed by atoms with Crippen molar-refractivity contribution in [1.82, 2.24) is 0 Å². The molecule has 0 N–H and O–H groups in total. The highest BCUT2D eigenvalue weighted by molar-refractivity contribution is 5.33. The van der Waals surface area contributed by atoms with Gasteiger partial charge in [0.15, 0.2) is 0 Å². The number of unbranched alkanes of at least 4 members (excludes halogenated alkanes) is 4. The summed E-state index contributed by atoms with van der Waals surface area (Å²) in [5.41, 5.74) is 1.33. The summed E-state index contributed by atoms with van der Waals surface area (Å²) in [6, 6.07) is 8.39. The molecule has 2 rings (SSSR count). The number of allylic oxidation sites excluding steroid dienone is 2. The summed E-state index contributed by atoms with van der Waals surface area (Å²) in [5.74, 6) is 1.03. The summed E-state index contributed by atoms with van der Waals surface area (Å²) >= 11 is 0. The Bertz CT molecular complexity index is 421. The van der Waals surface area contributed by atoms with Crippen molar-refractivity contribution in [3.8, 4) is 5.75 Å². The molecule has 2 nitrogen and oxygen atoms in total. The van der Waals surface area contributed by atoms with Gasteiger partial charge >= 0.3 is 0 Å². The van der Waals surface area contributed by atoms with Crippen LogP contribution in [0.15, 0.2) is 36.4 Å². The minimum atomic E-state index is 0.325. The first kappa shape index (κ1) is 16.1. The molecule has 1 fully saturated rings. The Hall–Kier alpha value is -1.28. The van der Waals surface area contributed by atoms with Crippen molar-refractivity contribution in [1.29, 1.82) is 0 Å². The van der Waals surface area contributed by atoms with Crippen LogP contribution in [0.1, 0.15) is 51.0 Å². The molecule has 1 aromatic rings. The molecule has 1 unspecified atom stereocenters. The third-order valence-electron chi connectivity index (χ3n) is 3.76. The van der Waals surface area contributed by atoms with Gasteiger partial charge in [0, 0.05) is 0 Å². The van der Waals surface area contributed by atoms with Crippen LogP contribution in [0.5, 0.6) is 5.75 Å². The van der Waals surface area contributed by atoms with E-state index in [2.05, 4.69) is 37.3 Å². The van der Waals surface area contributed by atoms with Crippen LogP contribution in [0.3, 0.4) is 0 Å². The Kier molecular flexibility index (Phi) is 7.37. The Balaban J connectivity index is 1.63. The molecule has 21 heavy (non-hydrogen) atoms. The molecule has 1 aromatic carbocycles. The van der Waals surface area contributed by atoms with Gasteiger partial charge in [-0.25, -0.2) is 0 Å². The molecule has 1 atom stereocenters. The van der Waals surface area contributed by atoms with Crippen LogP contribution in [0.25, 0.3) is 0 Å². The van der Waals surface area contributed by atoms with E-state index in [1.165, 1.54) is 44.1 Å². The molecule has 0 amide bonds. The molecular formula is C19H28O2. The Morgan fingerprint density at radius 3 is 2.67 bits per heavy atom. The van der Waals surface area contributed by atoms with Gasteiger partial charge in [-0.3, -0.25) is 0 Å². The standard InChI is InChI=1S/C19H28O2/c1-2-3-4-5-6-7-8-9-12-17-13-10-11-14-19(17)21-16-18-15-20-18/h5-6,10-11,13-14,18H,2-4,7-9,12,15-16H2,1H3/b6-5+. The van der Waals surface area contributed by atoms with Gasteiger partial charge in [0.1, 0.15) is 18.5 Å². The maximum atomic E-state index is 5.84. The van der Waals surface area contributed by atoms with Gasteiger partial charge < -0.3 is 9.47 Å². The molecular weight excluding hydrogens is 260 g/mol. The van der Waals surface area contributed by atoms with E-state index in [-0.39, 0.29) is 0 Å². The van der Waals surface area contributed by atoms with Gasteiger partial charge in [-0.05, 0) is 43.7 Å². The molecule has 0 spiro atoms. The molecule has 1 aliphatic rings.